The topological polar surface area (TPSA) is 75.7 Å². The summed E-state index contributed by atoms with van der Waals surface area (Å²) in [5.41, 5.74) is 1.00. The Balaban J connectivity index is 1.86. The molecule has 0 bridgehead atoms. The summed E-state index contributed by atoms with van der Waals surface area (Å²) >= 11 is 5.83. The second-order valence-corrected chi connectivity index (χ2v) is 8.12. The van der Waals surface area contributed by atoms with Gasteiger partial charge in [-0.3, -0.25) is 9.10 Å². The Kier molecular flexibility index (Phi) is 4.87. The van der Waals surface area contributed by atoms with Crippen molar-refractivity contribution in [3.05, 3.63) is 53.6 Å². The molecule has 1 heterocycles. The Labute approximate surface area is 151 Å². The first-order chi connectivity index (χ1) is 11.9. The molecule has 2 aromatic carbocycles. The smallest absolute Gasteiger partial charge is 0.267 e. The third-order valence-electron chi connectivity index (χ3n) is 3.84. The van der Waals surface area contributed by atoms with E-state index in [4.69, 9.17) is 16.3 Å². The van der Waals surface area contributed by atoms with Crippen molar-refractivity contribution in [3.63, 3.8) is 0 Å². The van der Waals surface area contributed by atoms with E-state index in [1.807, 2.05) is 0 Å². The number of hydrogen-bond donors (Lipinski definition) is 1. The molecule has 0 aliphatic carbocycles. The molecule has 0 aromatic heterocycles. The van der Waals surface area contributed by atoms with Crippen LogP contribution in [-0.4, -0.2) is 32.7 Å². The zero-order valence-corrected chi connectivity index (χ0v) is 15.0. The van der Waals surface area contributed by atoms with Crippen molar-refractivity contribution >= 4 is 38.9 Å². The zero-order valence-electron chi connectivity index (χ0n) is 13.5. The van der Waals surface area contributed by atoms with Gasteiger partial charge in [-0.25, -0.2) is 8.42 Å². The first-order valence-electron chi connectivity index (χ1n) is 7.73. The number of fused-ring (bicyclic) bond motifs is 1. The van der Waals surface area contributed by atoms with E-state index in [1.165, 1.54) is 4.31 Å². The molecule has 25 heavy (non-hydrogen) atoms. The predicted octanol–water partition coefficient (Wildman–Crippen LogP) is 2.90. The number of sulfonamides is 1. The first kappa shape index (κ1) is 17.6. The van der Waals surface area contributed by atoms with E-state index >= 15 is 0 Å². The average Bonchev–Trinajstić information content (AvgIpc) is 2.62. The van der Waals surface area contributed by atoms with Crippen LogP contribution in [0, 0.1) is 0 Å². The number of halogens is 1. The Morgan fingerprint density at radius 3 is 2.60 bits per heavy atom. The number of para-hydroxylation sites is 2. The summed E-state index contributed by atoms with van der Waals surface area (Å²) < 4.78 is 31.8. The maximum absolute atomic E-state index is 12.5. The molecule has 1 aliphatic heterocycles. The third-order valence-corrected chi connectivity index (χ3v) is 5.84. The lowest BCUT2D eigenvalue weighted by atomic mass is 10.2. The zero-order chi connectivity index (χ0) is 18.0. The van der Waals surface area contributed by atoms with Crippen LogP contribution in [0.5, 0.6) is 5.75 Å². The maximum Gasteiger partial charge on any atom is 0.267 e. The van der Waals surface area contributed by atoms with Crippen LogP contribution in [-0.2, 0) is 14.8 Å². The lowest BCUT2D eigenvalue weighted by molar-refractivity contribution is -0.122. The van der Waals surface area contributed by atoms with E-state index < -0.39 is 22.0 Å². The van der Waals surface area contributed by atoms with Crippen LogP contribution in [0.4, 0.5) is 11.4 Å². The molecule has 0 spiro atoms. The summed E-state index contributed by atoms with van der Waals surface area (Å²) in [6, 6.07) is 13.4. The number of rotatable bonds is 4. The standard InChI is InChI=1S/C17H17ClN2O4S/c1-2-25(22,23)20-11-16(24-15-6-4-3-5-14(15)20)17(21)19-13-9-7-12(18)8-10-13/h3-10,16H,2,11H2,1H3,(H,19,21)/t16-/m0/s1. The van der Waals surface area contributed by atoms with Crippen LogP contribution in [0.3, 0.4) is 0 Å². The highest BCUT2D eigenvalue weighted by molar-refractivity contribution is 7.92. The van der Waals surface area contributed by atoms with Crippen LogP contribution in [0.25, 0.3) is 0 Å². The van der Waals surface area contributed by atoms with Gasteiger partial charge >= 0.3 is 0 Å². The minimum absolute atomic E-state index is 0.0626. The van der Waals surface area contributed by atoms with Crippen LogP contribution in [0.2, 0.25) is 5.02 Å². The first-order valence-corrected chi connectivity index (χ1v) is 9.72. The maximum atomic E-state index is 12.5. The number of amides is 1. The van der Waals surface area contributed by atoms with Crippen molar-refractivity contribution in [2.24, 2.45) is 0 Å². The van der Waals surface area contributed by atoms with E-state index in [1.54, 1.807) is 55.5 Å². The highest BCUT2D eigenvalue weighted by Crippen LogP contribution is 2.35. The van der Waals surface area contributed by atoms with Crippen molar-refractivity contribution in [3.8, 4) is 5.75 Å². The van der Waals surface area contributed by atoms with Gasteiger partial charge in [0.25, 0.3) is 5.91 Å². The van der Waals surface area contributed by atoms with Crippen molar-refractivity contribution in [1.29, 1.82) is 0 Å². The molecular formula is C17H17ClN2O4S. The highest BCUT2D eigenvalue weighted by Gasteiger charge is 2.35. The number of carbonyl (C=O) groups is 1. The van der Waals surface area contributed by atoms with E-state index in [0.29, 0.717) is 22.1 Å². The normalized spacial score (nSPS) is 16.7. The Morgan fingerprint density at radius 1 is 1.24 bits per heavy atom. The van der Waals surface area contributed by atoms with Gasteiger partial charge in [0.1, 0.15) is 5.75 Å². The minimum Gasteiger partial charge on any atom is -0.476 e. The van der Waals surface area contributed by atoms with Gasteiger partial charge in [0.2, 0.25) is 10.0 Å². The summed E-state index contributed by atoms with van der Waals surface area (Å²) in [5, 5.41) is 3.27. The molecule has 8 heteroatoms. The number of ether oxygens (including phenoxy) is 1. The fraction of sp³-hybridized carbons (Fsp3) is 0.235. The fourth-order valence-electron chi connectivity index (χ4n) is 2.51. The van der Waals surface area contributed by atoms with Crippen LogP contribution in [0.1, 0.15) is 6.92 Å². The number of hydrogen-bond acceptors (Lipinski definition) is 4. The van der Waals surface area contributed by atoms with Crippen LogP contribution < -0.4 is 14.4 Å². The second kappa shape index (κ2) is 6.93. The van der Waals surface area contributed by atoms with Gasteiger partial charge in [-0.2, -0.15) is 0 Å². The minimum atomic E-state index is -3.52. The monoisotopic (exact) mass is 380 g/mol. The molecule has 6 nitrogen and oxygen atoms in total. The molecule has 0 radical (unpaired) electrons. The molecule has 1 aliphatic rings. The molecule has 0 fully saturated rings. The van der Waals surface area contributed by atoms with Gasteiger partial charge in [-0.15, -0.1) is 0 Å². The molecule has 0 unspecified atom stereocenters. The van der Waals surface area contributed by atoms with Crippen molar-refractivity contribution in [2.45, 2.75) is 13.0 Å². The Morgan fingerprint density at radius 2 is 1.92 bits per heavy atom. The Bertz CT molecular complexity index is 884. The number of nitrogens with one attached hydrogen (secondary N) is 1. The molecule has 0 saturated heterocycles. The summed E-state index contributed by atoms with van der Waals surface area (Å²) in [6.45, 7) is 1.49. The van der Waals surface area contributed by atoms with Crippen LogP contribution in [0.15, 0.2) is 48.5 Å². The number of anilines is 2. The molecule has 2 aromatic rings. The van der Waals surface area contributed by atoms with Gasteiger partial charge < -0.3 is 10.1 Å². The molecule has 1 N–H and O–H groups in total. The van der Waals surface area contributed by atoms with Gasteiger partial charge in [0, 0.05) is 10.7 Å². The van der Waals surface area contributed by atoms with Crippen molar-refractivity contribution < 1.29 is 17.9 Å². The molecular weight excluding hydrogens is 364 g/mol. The molecule has 1 atom stereocenters. The lowest BCUT2D eigenvalue weighted by Crippen LogP contribution is -2.49. The SMILES string of the molecule is CCS(=O)(=O)N1C[C@@H](C(=O)Nc2ccc(Cl)cc2)Oc2ccccc21. The van der Waals surface area contributed by atoms with Gasteiger partial charge in [0.05, 0.1) is 18.0 Å². The summed E-state index contributed by atoms with van der Waals surface area (Å²) in [4.78, 5) is 12.5. The van der Waals surface area contributed by atoms with E-state index in [0.717, 1.165) is 0 Å². The average molecular weight is 381 g/mol. The van der Waals surface area contributed by atoms with E-state index in [9.17, 15) is 13.2 Å². The summed E-state index contributed by atoms with van der Waals surface area (Å²) in [5.74, 6) is -0.123. The Hall–Kier alpha value is -2.25. The van der Waals surface area contributed by atoms with E-state index in [2.05, 4.69) is 5.32 Å². The summed E-state index contributed by atoms with van der Waals surface area (Å²) in [6.07, 6.45) is -0.952. The number of benzene rings is 2. The van der Waals surface area contributed by atoms with E-state index in [-0.39, 0.29) is 12.3 Å². The van der Waals surface area contributed by atoms with Gasteiger partial charge in [-0.1, -0.05) is 23.7 Å². The highest BCUT2D eigenvalue weighted by atomic mass is 35.5. The number of nitrogens with zero attached hydrogens (tertiary/aromatic N) is 1. The lowest BCUT2D eigenvalue weighted by Gasteiger charge is -2.34. The molecule has 3 rings (SSSR count). The largest absolute Gasteiger partial charge is 0.476 e. The van der Waals surface area contributed by atoms with Crippen LogP contribution >= 0.6 is 11.6 Å². The second-order valence-electron chi connectivity index (χ2n) is 5.50. The molecule has 0 saturated carbocycles. The predicted molar refractivity (Wildman–Crippen MR) is 97.7 cm³/mol. The van der Waals surface area contributed by atoms with Gasteiger partial charge in [0.15, 0.2) is 6.10 Å². The van der Waals surface area contributed by atoms with Crippen molar-refractivity contribution in [1.82, 2.24) is 0 Å². The van der Waals surface area contributed by atoms with Gasteiger partial charge in [-0.05, 0) is 43.3 Å². The fourth-order valence-corrected chi connectivity index (χ4v) is 3.76. The number of carbonyl (C=O) groups excluding carboxylic acids is 1. The summed E-state index contributed by atoms with van der Waals surface area (Å²) in [7, 11) is -3.52. The quantitative estimate of drug-likeness (QED) is 0.884. The molecule has 132 valence electrons. The third kappa shape index (κ3) is 3.72. The molecule has 1 amide bonds. The van der Waals surface area contributed by atoms with Crippen molar-refractivity contribution in [2.75, 3.05) is 21.9 Å².